The third-order valence-electron chi connectivity index (χ3n) is 2.51. The molecule has 0 aliphatic heterocycles. The first kappa shape index (κ1) is 14.1. The predicted octanol–water partition coefficient (Wildman–Crippen LogP) is 1.49. The molecule has 0 saturated heterocycles. The van der Waals surface area contributed by atoms with E-state index in [9.17, 15) is 14.9 Å². The van der Waals surface area contributed by atoms with Crippen LogP contribution in [0.1, 0.15) is 30.6 Å². The molecule has 0 fully saturated rings. The predicted molar refractivity (Wildman–Crippen MR) is 66.3 cm³/mol. The van der Waals surface area contributed by atoms with Crippen molar-refractivity contribution in [2.24, 2.45) is 0 Å². The van der Waals surface area contributed by atoms with E-state index in [4.69, 9.17) is 5.11 Å². The summed E-state index contributed by atoms with van der Waals surface area (Å²) in [7, 11) is 0. The Hall–Kier alpha value is -1.95. The molecule has 6 nitrogen and oxygen atoms in total. The zero-order valence-electron chi connectivity index (χ0n) is 10.3. The number of nitrogens with one attached hydrogen (secondary N) is 1. The number of nitro groups is 1. The minimum Gasteiger partial charge on any atom is -0.396 e. The van der Waals surface area contributed by atoms with Gasteiger partial charge in [-0.05, 0) is 26.3 Å². The summed E-state index contributed by atoms with van der Waals surface area (Å²) in [6, 6.07) is 5.53. The van der Waals surface area contributed by atoms with E-state index >= 15 is 0 Å². The second kappa shape index (κ2) is 5.59. The summed E-state index contributed by atoms with van der Waals surface area (Å²) in [5.74, 6) is -0.392. The first-order valence-electron chi connectivity index (χ1n) is 5.53. The summed E-state index contributed by atoms with van der Waals surface area (Å²) >= 11 is 0. The highest BCUT2D eigenvalue weighted by atomic mass is 16.6. The molecular formula is C12H16N2O4. The zero-order chi connectivity index (χ0) is 13.8. The lowest BCUT2D eigenvalue weighted by Gasteiger charge is -2.25. The molecule has 1 aromatic rings. The fourth-order valence-electron chi connectivity index (χ4n) is 1.48. The number of hydrogen-bond donors (Lipinski definition) is 2. The van der Waals surface area contributed by atoms with Crippen LogP contribution < -0.4 is 5.32 Å². The maximum absolute atomic E-state index is 11.9. The smallest absolute Gasteiger partial charge is 0.270 e. The number of non-ortho nitro benzene ring substituents is 1. The number of nitrogens with zero attached hydrogens (tertiary/aromatic N) is 1. The molecule has 1 rings (SSSR count). The number of amides is 1. The van der Waals surface area contributed by atoms with Gasteiger partial charge in [-0.1, -0.05) is 6.07 Å². The number of carbonyl (C=O) groups excluding carboxylic acids is 1. The Bertz CT molecular complexity index is 457. The molecule has 0 radical (unpaired) electrons. The van der Waals surface area contributed by atoms with Crippen LogP contribution in [0.25, 0.3) is 0 Å². The number of hydrogen-bond acceptors (Lipinski definition) is 4. The molecule has 2 N–H and O–H groups in total. The lowest BCUT2D eigenvalue weighted by Crippen LogP contribution is -2.44. The number of rotatable bonds is 5. The van der Waals surface area contributed by atoms with Crippen molar-refractivity contribution in [3.63, 3.8) is 0 Å². The second-order valence-electron chi connectivity index (χ2n) is 4.62. The van der Waals surface area contributed by atoms with Crippen molar-refractivity contribution in [1.29, 1.82) is 0 Å². The molecule has 1 amide bonds. The van der Waals surface area contributed by atoms with Crippen LogP contribution in [0.3, 0.4) is 0 Å². The Morgan fingerprint density at radius 1 is 1.50 bits per heavy atom. The summed E-state index contributed by atoms with van der Waals surface area (Å²) in [5, 5.41) is 22.2. The monoisotopic (exact) mass is 252 g/mol. The van der Waals surface area contributed by atoms with Crippen LogP contribution in [0.15, 0.2) is 24.3 Å². The summed E-state index contributed by atoms with van der Waals surface area (Å²) in [6.45, 7) is 3.51. The van der Waals surface area contributed by atoms with Crippen LogP contribution in [0.2, 0.25) is 0 Å². The van der Waals surface area contributed by atoms with Crippen molar-refractivity contribution in [3.8, 4) is 0 Å². The lowest BCUT2D eigenvalue weighted by molar-refractivity contribution is -0.384. The normalized spacial score (nSPS) is 11.1. The van der Waals surface area contributed by atoms with Crippen molar-refractivity contribution in [2.75, 3.05) is 6.61 Å². The van der Waals surface area contributed by atoms with E-state index in [0.717, 1.165) is 0 Å². The van der Waals surface area contributed by atoms with Gasteiger partial charge in [0, 0.05) is 29.8 Å². The Labute approximate surface area is 105 Å². The average molecular weight is 252 g/mol. The SMILES string of the molecule is CC(C)(CCO)NC(=O)c1cccc([N+](=O)[O-])c1. The van der Waals surface area contributed by atoms with Crippen LogP contribution in [0.4, 0.5) is 5.69 Å². The Balaban J connectivity index is 2.84. The highest BCUT2D eigenvalue weighted by Gasteiger charge is 2.21. The van der Waals surface area contributed by atoms with E-state index in [1.54, 1.807) is 13.8 Å². The maximum Gasteiger partial charge on any atom is 0.270 e. The van der Waals surface area contributed by atoms with Gasteiger partial charge in [-0.25, -0.2) is 0 Å². The molecule has 0 atom stereocenters. The molecule has 6 heteroatoms. The fraction of sp³-hybridized carbons (Fsp3) is 0.417. The van der Waals surface area contributed by atoms with Gasteiger partial charge >= 0.3 is 0 Å². The van der Waals surface area contributed by atoms with Crippen molar-refractivity contribution < 1.29 is 14.8 Å². The molecule has 18 heavy (non-hydrogen) atoms. The number of benzene rings is 1. The molecule has 0 heterocycles. The number of aliphatic hydroxyl groups is 1. The topological polar surface area (TPSA) is 92.5 Å². The van der Waals surface area contributed by atoms with E-state index in [2.05, 4.69) is 5.32 Å². The first-order chi connectivity index (χ1) is 8.35. The van der Waals surface area contributed by atoms with Crippen LogP contribution in [-0.4, -0.2) is 28.1 Å². The van der Waals surface area contributed by atoms with Crippen molar-refractivity contribution >= 4 is 11.6 Å². The minimum atomic E-state index is -0.559. The van der Waals surface area contributed by atoms with Crippen LogP contribution >= 0.6 is 0 Å². The number of nitro benzene ring substituents is 1. The standard InChI is InChI=1S/C12H16N2O4/c1-12(2,6-7-15)13-11(16)9-4-3-5-10(8-9)14(17)18/h3-5,8,15H,6-7H2,1-2H3,(H,13,16). The van der Waals surface area contributed by atoms with E-state index in [1.807, 2.05) is 0 Å². The molecule has 0 aliphatic carbocycles. The van der Waals surface area contributed by atoms with Gasteiger partial charge < -0.3 is 10.4 Å². The van der Waals surface area contributed by atoms with E-state index in [-0.39, 0.29) is 17.9 Å². The molecule has 98 valence electrons. The molecule has 0 aromatic heterocycles. The van der Waals surface area contributed by atoms with Gasteiger partial charge in [0.2, 0.25) is 0 Å². The Morgan fingerprint density at radius 3 is 2.72 bits per heavy atom. The van der Waals surface area contributed by atoms with Crippen molar-refractivity contribution in [2.45, 2.75) is 25.8 Å². The second-order valence-corrected chi connectivity index (χ2v) is 4.62. The summed E-state index contributed by atoms with van der Waals surface area (Å²) in [5.41, 5.74) is -0.450. The van der Waals surface area contributed by atoms with Gasteiger partial charge in [-0.15, -0.1) is 0 Å². The molecule has 0 spiro atoms. The number of aliphatic hydroxyl groups excluding tert-OH is 1. The third-order valence-corrected chi connectivity index (χ3v) is 2.51. The van der Waals surface area contributed by atoms with Gasteiger partial charge in [0.1, 0.15) is 0 Å². The summed E-state index contributed by atoms with van der Waals surface area (Å²) < 4.78 is 0. The Kier molecular flexibility index (Phi) is 4.38. The highest BCUT2D eigenvalue weighted by molar-refractivity contribution is 5.95. The number of carbonyl (C=O) groups is 1. The largest absolute Gasteiger partial charge is 0.396 e. The zero-order valence-corrected chi connectivity index (χ0v) is 10.3. The van der Waals surface area contributed by atoms with Crippen LogP contribution in [0, 0.1) is 10.1 Å². The maximum atomic E-state index is 11.9. The van der Waals surface area contributed by atoms with E-state index < -0.39 is 16.4 Å². The van der Waals surface area contributed by atoms with Gasteiger partial charge in [-0.2, -0.15) is 0 Å². The molecule has 0 aliphatic rings. The van der Waals surface area contributed by atoms with Gasteiger partial charge in [-0.3, -0.25) is 14.9 Å². The van der Waals surface area contributed by atoms with Crippen LogP contribution in [-0.2, 0) is 0 Å². The van der Waals surface area contributed by atoms with Gasteiger partial charge in [0.25, 0.3) is 11.6 Å². The highest BCUT2D eigenvalue weighted by Crippen LogP contribution is 2.15. The molecule has 1 aromatic carbocycles. The van der Waals surface area contributed by atoms with E-state index in [1.165, 1.54) is 24.3 Å². The molecule has 0 unspecified atom stereocenters. The van der Waals surface area contributed by atoms with Crippen molar-refractivity contribution in [3.05, 3.63) is 39.9 Å². The Morgan fingerprint density at radius 2 is 2.17 bits per heavy atom. The van der Waals surface area contributed by atoms with Crippen LogP contribution in [0.5, 0.6) is 0 Å². The third kappa shape index (κ3) is 3.81. The first-order valence-corrected chi connectivity index (χ1v) is 5.53. The average Bonchev–Trinajstić information content (AvgIpc) is 2.28. The molecule has 0 saturated carbocycles. The quantitative estimate of drug-likeness (QED) is 0.613. The van der Waals surface area contributed by atoms with E-state index in [0.29, 0.717) is 6.42 Å². The molecule has 0 bridgehead atoms. The van der Waals surface area contributed by atoms with Gasteiger partial charge in [0.15, 0.2) is 0 Å². The van der Waals surface area contributed by atoms with Crippen molar-refractivity contribution in [1.82, 2.24) is 5.32 Å². The minimum absolute atomic E-state index is 0.0395. The summed E-state index contributed by atoms with van der Waals surface area (Å²) in [6.07, 6.45) is 0.410. The molecular weight excluding hydrogens is 236 g/mol. The lowest BCUT2D eigenvalue weighted by atomic mass is 10.0. The fourth-order valence-corrected chi connectivity index (χ4v) is 1.48. The summed E-state index contributed by atoms with van der Waals surface area (Å²) in [4.78, 5) is 22.0. The van der Waals surface area contributed by atoms with Gasteiger partial charge in [0.05, 0.1) is 4.92 Å².